The first-order valence-electron chi connectivity index (χ1n) is 15.9. The van der Waals surface area contributed by atoms with E-state index in [-0.39, 0.29) is 35.6 Å². The molecule has 2 fully saturated rings. The summed E-state index contributed by atoms with van der Waals surface area (Å²) in [6, 6.07) is 23.5. The molecule has 1 saturated heterocycles. The molecule has 3 aromatic rings. The van der Waals surface area contributed by atoms with Crippen LogP contribution in [-0.2, 0) is 24.6 Å². The summed E-state index contributed by atoms with van der Waals surface area (Å²) in [5.74, 6) is -4.06. The number of Topliss-reactive ketones (excluding diaryl/α,β-unsaturated/α-hetero) is 1. The second kappa shape index (κ2) is 10.6. The topological polar surface area (TPSA) is 101 Å². The lowest BCUT2D eigenvalue weighted by Gasteiger charge is -2.55. The van der Waals surface area contributed by atoms with Crippen molar-refractivity contribution in [1.82, 2.24) is 4.90 Å². The number of benzene rings is 3. The van der Waals surface area contributed by atoms with Crippen molar-refractivity contribution in [1.29, 1.82) is 0 Å². The number of phenolic OH excluding ortho intramolecular Hbond substituents is 1. The molecule has 0 radical (unpaired) electrons. The van der Waals surface area contributed by atoms with Crippen LogP contribution in [0, 0.1) is 23.7 Å². The Morgan fingerprint density at radius 1 is 0.848 bits per heavy atom. The third kappa shape index (κ3) is 4.10. The fourth-order valence-corrected chi connectivity index (χ4v) is 8.85. The quantitative estimate of drug-likeness (QED) is 0.285. The van der Waals surface area contributed by atoms with E-state index in [0.29, 0.717) is 34.4 Å². The maximum absolute atomic E-state index is 15.1. The monoisotopic (exact) mass is 615 g/mol. The van der Waals surface area contributed by atoms with Crippen LogP contribution in [0.1, 0.15) is 56.2 Å². The Morgan fingerprint density at radius 3 is 2.17 bits per heavy atom. The molecule has 7 nitrogen and oxygen atoms in total. The van der Waals surface area contributed by atoms with Crippen molar-refractivity contribution in [2.75, 3.05) is 7.11 Å². The number of ether oxygens (including phenoxy) is 1. The molecule has 1 N–H and O–H groups in total. The van der Waals surface area contributed by atoms with E-state index >= 15 is 4.79 Å². The molecule has 0 aromatic heterocycles. The highest BCUT2D eigenvalue weighted by Crippen LogP contribution is 2.65. The maximum Gasteiger partial charge on any atom is 0.234 e. The molecule has 1 saturated carbocycles. The van der Waals surface area contributed by atoms with E-state index in [4.69, 9.17) is 4.74 Å². The van der Waals surface area contributed by atoms with Gasteiger partial charge in [0.2, 0.25) is 11.8 Å². The Kier molecular flexibility index (Phi) is 6.92. The van der Waals surface area contributed by atoms with Crippen molar-refractivity contribution in [3.63, 3.8) is 0 Å². The minimum absolute atomic E-state index is 0.0645. The van der Waals surface area contributed by atoms with Crippen molar-refractivity contribution in [2.45, 2.75) is 50.5 Å². The molecule has 0 bridgehead atoms. The molecule has 7 rings (SSSR count). The summed E-state index contributed by atoms with van der Waals surface area (Å²) in [6.07, 6.45) is 4.00. The van der Waals surface area contributed by atoms with Gasteiger partial charge in [-0.3, -0.25) is 24.1 Å². The number of imide groups is 1. The average Bonchev–Trinajstić information content (AvgIpc) is 3.32. The number of likely N-dealkylation sites (tertiary alicyclic amines) is 1. The number of aromatic hydroxyl groups is 1. The predicted molar refractivity (Wildman–Crippen MR) is 173 cm³/mol. The second-order valence-corrected chi connectivity index (χ2v) is 13.9. The summed E-state index contributed by atoms with van der Waals surface area (Å²) in [4.78, 5) is 59.4. The molecule has 2 amide bonds. The highest BCUT2D eigenvalue weighted by Gasteiger charge is 2.67. The minimum atomic E-state index is -1.44. The van der Waals surface area contributed by atoms with E-state index in [1.54, 1.807) is 18.2 Å². The second-order valence-electron chi connectivity index (χ2n) is 13.9. The molecule has 4 aliphatic rings. The fourth-order valence-electron chi connectivity index (χ4n) is 8.85. The highest BCUT2D eigenvalue weighted by atomic mass is 16.5. The maximum atomic E-state index is 15.1. The zero-order valence-corrected chi connectivity index (χ0v) is 26.4. The third-order valence-corrected chi connectivity index (χ3v) is 10.6. The number of amides is 2. The normalized spacial score (nSPS) is 29.0. The Balaban J connectivity index is 1.54. The lowest BCUT2D eigenvalue weighted by molar-refractivity contribution is -0.145. The van der Waals surface area contributed by atoms with Crippen molar-refractivity contribution < 1.29 is 29.0 Å². The fraction of sp³-hybridized carbons (Fsp3) is 0.333. The minimum Gasteiger partial charge on any atom is -0.508 e. The molecule has 7 heteroatoms. The lowest BCUT2D eigenvalue weighted by atomic mass is 9.44. The summed E-state index contributed by atoms with van der Waals surface area (Å²) in [7, 11) is 1.51. The number of rotatable bonds is 4. The number of phenols is 1. The zero-order chi connectivity index (χ0) is 32.5. The van der Waals surface area contributed by atoms with Crippen LogP contribution in [-0.4, -0.2) is 46.0 Å². The third-order valence-electron chi connectivity index (χ3n) is 10.6. The van der Waals surface area contributed by atoms with Gasteiger partial charge in [0, 0.05) is 28.5 Å². The van der Waals surface area contributed by atoms with Gasteiger partial charge in [-0.2, -0.15) is 0 Å². The van der Waals surface area contributed by atoms with Crippen LogP contribution in [0.25, 0.3) is 5.57 Å². The van der Waals surface area contributed by atoms with Crippen LogP contribution in [0.3, 0.4) is 0 Å². The van der Waals surface area contributed by atoms with Gasteiger partial charge in [0.25, 0.3) is 0 Å². The Hall–Kier alpha value is -4.78. The van der Waals surface area contributed by atoms with Gasteiger partial charge in [-0.15, -0.1) is 0 Å². The van der Waals surface area contributed by atoms with Gasteiger partial charge in [0.05, 0.1) is 24.4 Å². The molecule has 6 atom stereocenters. The Morgan fingerprint density at radius 2 is 1.52 bits per heavy atom. The van der Waals surface area contributed by atoms with E-state index in [1.807, 2.05) is 87.5 Å². The van der Waals surface area contributed by atoms with Crippen LogP contribution in [0.2, 0.25) is 0 Å². The number of allylic oxidation sites excluding steroid dienone is 4. The molecule has 1 heterocycles. The Labute approximate surface area is 268 Å². The van der Waals surface area contributed by atoms with Crippen LogP contribution >= 0.6 is 0 Å². The summed E-state index contributed by atoms with van der Waals surface area (Å²) >= 11 is 0. The smallest absolute Gasteiger partial charge is 0.234 e. The van der Waals surface area contributed by atoms with E-state index in [2.05, 4.69) is 0 Å². The van der Waals surface area contributed by atoms with Gasteiger partial charge in [-0.1, -0.05) is 78.4 Å². The van der Waals surface area contributed by atoms with Gasteiger partial charge < -0.3 is 9.84 Å². The van der Waals surface area contributed by atoms with Gasteiger partial charge in [-0.05, 0) is 68.9 Å². The first-order chi connectivity index (χ1) is 22.0. The molecule has 3 aliphatic carbocycles. The molecule has 1 aliphatic heterocycles. The van der Waals surface area contributed by atoms with Crippen LogP contribution < -0.4 is 4.74 Å². The average molecular weight is 616 g/mol. The van der Waals surface area contributed by atoms with Crippen molar-refractivity contribution in [3.8, 4) is 11.5 Å². The summed E-state index contributed by atoms with van der Waals surface area (Å²) < 4.78 is 5.83. The van der Waals surface area contributed by atoms with Gasteiger partial charge in [-0.25, -0.2) is 0 Å². The molecular weight excluding hydrogens is 578 g/mol. The zero-order valence-electron chi connectivity index (χ0n) is 26.4. The number of hydrogen-bond donors (Lipinski definition) is 1. The molecule has 3 aromatic carbocycles. The molecule has 0 spiro atoms. The largest absolute Gasteiger partial charge is 0.508 e. The van der Waals surface area contributed by atoms with E-state index in [0.717, 1.165) is 5.57 Å². The standard InChI is InChI=1S/C39H37NO6/c1-38(2,3)40-36(44)25-19-18-24-27(32(25)37(40)45)20-28-35(43)26(22-12-7-5-8-13-22)21-31(42)39(28,23-14-9-6-10-15-23)34(24)33-29(41)16-11-17-30(33)46-4/h5-18,21,25,27-28,32,34,41H,19-20H2,1-4H3. The summed E-state index contributed by atoms with van der Waals surface area (Å²) in [5.41, 5.74) is 0.666. The number of fused-ring (bicyclic) bond motifs is 4. The summed E-state index contributed by atoms with van der Waals surface area (Å²) in [6.45, 7) is 5.56. The van der Waals surface area contributed by atoms with Crippen LogP contribution in [0.15, 0.2) is 96.6 Å². The molecule has 6 unspecified atom stereocenters. The highest BCUT2D eigenvalue weighted by molar-refractivity contribution is 6.31. The molecular formula is C39H37NO6. The predicted octanol–water partition coefficient (Wildman–Crippen LogP) is 6.02. The summed E-state index contributed by atoms with van der Waals surface area (Å²) in [5, 5.41) is 11.6. The number of carbonyl (C=O) groups is 4. The van der Waals surface area contributed by atoms with Gasteiger partial charge in [0.15, 0.2) is 11.6 Å². The van der Waals surface area contributed by atoms with Gasteiger partial charge >= 0.3 is 0 Å². The van der Waals surface area contributed by atoms with Crippen LogP contribution in [0.5, 0.6) is 11.5 Å². The van der Waals surface area contributed by atoms with Crippen molar-refractivity contribution >= 4 is 29.0 Å². The number of carbonyl (C=O) groups excluding carboxylic acids is 4. The first kappa shape index (κ1) is 29.9. The number of hydrogen-bond acceptors (Lipinski definition) is 6. The number of methoxy groups -OCH3 is 1. The van der Waals surface area contributed by atoms with Gasteiger partial charge in [0.1, 0.15) is 11.5 Å². The molecule has 234 valence electrons. The lowest BCUT2D eigenvalue weighted by Crippen LogP contribution is -2.59. The van der Waals surface area contributed by atoms with E-state index in [1.165, 1.54) is 18.1 Å². The van der Waals surface area contributed by atoms with Crippen molar-refractivity contribution in [3.05, 3.63) is 113 Å². The number of nitrogens with zero attached hydrogens (tertiary/aromatic N) is 1. The van der Waals surface area contributed by atoms with E-state index < -0.39 is 40.5 Å². The van der Waals surface area contributed by atoms with Crippen molar-refractivity contribution in [2.24, 2.45) is 23.7 Å². The molecule has 46 heavy (non-hydrogen) atoms. The Bertz CT molecular complexity index is 1830. The number of ketones is 2. The van der Waals surface area contributed by atoms with Crippen LogP contribution in [0.4, 0.5) is 0 Å². The first-order valence-corrected chi connectivity index (χ1v) is 15.9. The SMILES string of the molecule is COc1cccc(O)c1C1C2=CCC3C(=O)N(C(C)(C)C)C(=O)C3C2CC2C(=O)C(c3ccccc3)=CC(=O)C21c1ccccc1. The van der Waals surface area contributed by atoms with E-state index in [9.17, 15) is 19.5 Å².